The highest BCUT2D eigenvalue weighted by Crippen LogP contribution is 1.93. The molecule has 0 fully saturated rings. The third kappa shape index (κ3) is 0.918. The van der Waals surface area contributed by atoms with Gasteiger partial charge in [0.15, 0.2) is 0 Å². The van der Waals surface area contributed by atoms with Crippen molar-refractivity contribution in [3.63, 3.8) is 0 Å². The summed E-state index contributed by atoms with van der Waals surface area (Å²) in [7, 11) is -3.41. The minimum Gasteiger partial charge on any atom is -0.247 e. The van der Waals surface area contributed by atoms with Gasteiger partial charge in [-0.15, -0.1) is 0 Å². The summed E-state index contributed by atoms with van der Waals surface area (Å²) >= 11 is 0. The molecule has 0 aromatic carbocycles. The van der Waals surface area contributed by atoms with Crippen LogP contribution in [0.15, 0.2) is 0 Å². The standard InChI is InChI=1S/C3H2O3S/c4-7(5)3-1-2-6-7/h2H2. The van der Waals surface area contributed by atoms with Crippen LogP contribution in [0.3, 0.4) is 0 Å². The van der Waals surface area contributed by atoms with Crippen molar-refractivity contribution in [3.8, 4) is 11.2 Å². The van der Waals surface area contributed by atoms with E-state index in [1.165, 1.54) is 0 Å². The van der Waals surface area contributed by atoms with Crippen LogP contribution in [0.25, 0.3) is 0 Å². The lowest BCUT2D eigenvalue weighted by molar-refractivity contribution is 0.379. The summed E-state index contributed by atoms with van der Waals surface area (Å²) in [6.45, 7) is 0.0162. The van der Waals surface area contributed by atoms with Crippen LogP contribution in [0.1, 0.15) is 0 Å². The molecule has 0 N–H and O–H groups in total. The largest absolute Gasteiger partial charge is 0.338 e. The van der Waals surface area contributed by atoms with Gasteiger partial charge in [0.1, 0.15) is 6.61 Å². The number of rotatable bonds is 0. The van der Waals surface area contributed by atoms with Crippen LogP contribution >= 0.6 is 0 Å². The Hall–Kier alpha value is -0.530. The minimum atomic E-state index is -3.41. The second-order valence-electron chi connectivity index (χ2n) is 0.995. The van der Waals surface area contributed by atoms with Gasteiger partial charge in [-0.2, -0.15) is 8.42 Å². The predicted octanol–water partition coefficient (Wildman–Crippen LogP) is -0.693. The molecule has 4 heteroatoms. The maximum atomic E-state index is 10.0. The third-order valence-electron chi connectivity index (χ3n) is 0.483. The van der Waals surface area contributed by atoms with Crippen molar-refractivity contribution in [3.05, 3.63) is 0 Å². The molecule has 0 atom stereocenters. The van der Waals surface area contributed by atoms with Gasteiger partial charge in [-0.25, -0.2) is 4.18 Å². The molecule has 1 heterocycles. The molecule has 0 spiro atoms. The van der Waals surface area contributed by atoms with E-state index in [0.717, 1.165) is 0 Å². The van der Waals surface area contributed by atoms with Gasteiger partial charge in [-0.1, -0.05) is 5.92 Å². The summed E-state index contributed by atoms with van der Waals surface area (Å²) in [5.41, 5.74) is 0. The lowest BCUT2D eigenvalue weighted by Crippen LogP contribution is -1.94. The van der Waals surface area contributed by atoms with Gasteiger partial charge >= 0.3 is 10.1 Å². The van der Waals surface area contributed by atoms with E-state index in [1.54, 1.807) is 0 Å². The van der Waals surface area contributed by atoms with E-state index in [2.05, 4.69) is 10.1 Å². The number of hydrogen-bond acceptors (Lipinski definition) is 3. The highest BCUT2D eigenvalue weighted by molar-refractivity contribution is 7.91. The molecule has 0 saturated carbocycles. The van der Waals surface area contributed by atoms with E-state index >= 15 is 0 Å². The van der Waals surface area contributed by atoms with Crippen LogP contribution in [0.5, 0.6) is 0 Å². The van der Waals surface area contributed by atoms with Crippen LogP contribution in [-0.2, 0) is 14.3 Å². The Morgan fingerprint density at radius 1 is 1.57 bits per heavy atom. The summed E-state index contributed by atoms with van der Waals surface area (Å²) in [4.78, 5) is 0. The first-order valence-corrected chi connectivity index (χ1v) is 3.00. The fourth-order valence-corrected chi connectivity index (χ4v) is 0.763. The molecule has 0 bridgehead atoms. The molecular formula is C3H2O3S. The van der Waals surface area contributed by atoms with Crippen LogP contribution in [-0.4, -0.2) is 15.0 Å². The van der Waals surface area contributed by atoms with Gasteiger partial charge in [0, 0.05) is 0 Å². The molecule has 38 valence electrons. The molecule has 1 rings (SSSR count). The Bertz CT molecular complexity index is 214. The highest BCUT2D eigenvalue weighted by Gasteiger charge is 2.08. The fraction of sp³-hybridized carbons (Fsp3) is 0.333. The summed E-state index contributed by atoms with van der Waals surface area (Å²) in [5, 5.41) is 1.90. The summed E-state index contributed by atoms with van der Waals surface area (Å²) in [6, 6.07) is 0. The Morgan fingerprint density at radius 3 is 2.43 bits per heavy atom. The zero-order valence-corrected chi connectivity index (χ0v) is 4.16. The van der Waals surface area contributed by atoms with E-state index in [-0.39, 0.29) is 6.61 Å². The molecule has 1 aliphatic rings. The second kappa shape index (κ2) is 1.22. The summed E-state index contributed by atoms with van der Waals surface area (Å²) in [6.07, 6.45) is 0. The average molecular weight is 118 g/mol. The van der Waals surface area contributed by atoms with Crippen molar-refractivity contribution in [1.82, 2.24) is 0 Å². The van der Waals surface area contributed by atoms with E-state index in [0.29, 0.717) is 0 Å². The maximum Gasteiger partial charge on any atom is 0.338 e. The Balaban J connectivity index is 3.08. The zero-order chi connectivity index (χ0) is 5.33. The monoisotopic (exact) mass is 118 g/mol. The van der Waals surface area contributed by atoms with E-state index in [9.17, 15) is 8.42 Å². The lowest BCUT2D eigenvalue weighted by atomic mass is 10.8. The average Bonchev–Trinajstić information content (AvgIpc) is 1.84. The number of hydrogen-bond donors (Lipinski definition) is 0. The minimum absolute atomic E-state index is 0.0162. The molecule has 0 aliphatic carbocycles. The van der Waals surface area contributed by atoms with Gasteiger partial charge in [-0.05, 0) is 0 Å². The molecule has 3 nitrogen and oxygen atoms in total. The van der Waals surface area contributed by atoms with Gasteiger partial charge in [0.05, 0.1) is 5.25 Å². The first-order valence-electron chi connectivity index (χ1n) is 1.60. The van der Waals surface area contributed by atoms with Crippen molar-refractivity contribution in [2.45, 2.75) is 0 Å². The second-order valence-corrected chi connectivity index (χ2v) is 2.34. The van der Waals surface area contributed by atoms with E-state index in [4.69, 9.17) is 0 Å². The smallest absolute Gasteiger partial charge is 0.247 e. The first kappa shape index (κ1) is 4.62. The van der Waals surface area contributed by atoms with Crippen molar-refractivity contribution >= 4 is 10.1 Å². The predicted molar refractivity (Wildman–Crippen MR) is 22.6 cm³/mol. The van der Waals surface area contributed by atoms with E-state index < -0.39 is 10.1 Å². The molecule has 0 radical (unpaired) electrons. The van der Waals surface area contributed by atoms with Crippen molar-refractivity contribution in [2.24, 2.45) is 0 Å². The van der Waals surface area contributed by atoms with Crippen LogP contribution in [0.2, 0.25) is 0 Å². The maximum absolute atomic E-state index is 10.0. The topological polar surface area (TPSA) is 43.4 Å². The molecule has 1 aliphatic heterocycles. The van der Waals surface area contributed by atoms with Crippen molar-refractivity contribution < 1.29 is 12.6 Å². The molecule has 0 aromatic rings. The quantitative estimate of drug-likeness (QED) is 0.312. The van der Waals surface area contributed by atoms with Gasteiger partial charge in [-0.3, -0.25) is 0 Å². The molecule has 0 saturated heterocycles. The first-order chi connectivity index (χ1) is 3.21. The molecule has 0 unspecified atom stereocenters. The molecule has 0 aromatic heterocycles. The SMILES string of the molecule is O=S1(=O)C#CCO1. The molecular weight excluding hydrogens is 116 g/mol. The summed E-state index contributed by atoms with van der Waals surface area (Å²) < 4.78 is 24.2. The van der Waals surface area contributed by atoms with Crippen molar-refractivity contribution in [1.29, 1.82) is 0 Å². The third-order valence-corrected chi connectivity index (χ3v) is 1.31. The Labute approximate surface area is 41.4 Å². The van der Waals surface area contributed by atoms with Gasteiger partial charge < -0.3 is 0 Å². The normalized spacial score (nSPS) is 23.4. The van der Waals surface area contributed by atoms with Crippen LogP contribution < -0.4 is 0 Å². The molecule has 0 amide bonds. The molecule has 7 heavy (non-hydrogen) atoms. The summed E-state index contributed by atoms with van der Waals surface area (Å²) in [5.74, 6) is 2.25. The Kier molecular flexibility index (Phi) is 0.805. The van der Waals surface area contributed by atoms with Gasteiger partial charge in [0.2, 0.25) is 0 Å². The van der Waals surface area contributed by atoms with E-state index in [1.807, 2.05) is 5.25 Å². The zero-order valence-electron chi connectivity index (χ0n) is 3.34. The Morgan fingerprint density at radius 2 is 2.29 bits per heavy atom. The van der Waals surface area contributed by atoms with Gasteiger partial charge in [0.25, 0.3) is 0 Å². The van der Waals surface area contributed by atoms with Crippen molar-refractivity contribution in [2.75, 3.05) is 6.61 Å². The van der Waals surface area contributed by atoms with Crippen LogP contribution in [0, 0.1) is 11.2 Å². The highest BCUT2D eigenvalue weighted by atomic mass is 32.2. The van der Waals surface area contributed by atoms with Crippen LogP contribution in [0.4, 0.5) is 0 Å². The lowest BCUT2D eigenvalue weighted by Gasteiger charge is -1.81. The fourth-order valence-electron chi connectivity index (χ4n) is 0.254.